The summed E-state index contributed by atoms with van der Waals surface area (Å²) in [5.74, 6) is -0.932. The summed E-state index contributed by atoms with van der Waals surface area (Å²) in [5.41, 5.74) is 3.86. The molecule has 1 N–H and O–H groups in total. The number of aryl methyl sites for hydroxylation is 2. The summed E-state index contributed by atoms with van der Waals surface area (Å²) in [4.78, 5) is 24.4. The van der Waals surface area contributed by atoms with Crippen LogP contribution in [0.25, 0.3) is 0 Å². The Balaban J connectivity index is 1.57. The van der Waals surface area contributed by atoms with E-state index in [1.807, 2.05) is 6.07 Å². The van der Waals surface area contributed by atoms with Gasteiger partial charge in [0.1, 0.15) is 0 Å². The van der Waals surface area contributed by atoms with E-state index in [1.54, 1.807) is 18.2 Å². The van der Waals surface area contributed by atoms with Crippen LogP contribution >= 0.6 is 23.2 Å². The second-order valence-corrected chi connectivity index (χ2v) is 7.17. The van der Waals surface area contributed by atoms with Crippen LogP contribution in [0.4, 0.5) is 5.69 Å². The standard InChI is InChI=1S/C20H19Cl2NO3/c1-12(20(25)23-19-16(21)6-3-7-17(19)22)26-18(24)11-13-8-9-14-4-2-5-15(14)10-13/h3,6-10,12H,2,4-5,11H2,1H3,(H,23,25)/t12-/m1/s1. The minimum absolute atomic E-state index is 0.137. The molecule has 1 amide bonds. The van der Waals surface area contributed by atoms with E-state index in [0.29, 0.717) is 15.7 Å². The van der Waals surface area contributed by atoms with Gasteiger partial charge in [0.05, 0.1) is 22.2 Å². The molecule has 1 aliphatic rings. The third-order valence-corrected chi connectivity index (χ3v) is 5.03. The number of hydrogen-bond donors (Lipinski definition) is 1. The first-order valence-corrected chi connectivity index (χ1v) is 9.24. The zero-order valence-electron chi connectivity index (χ0n) is 14.4. The molecule has 0 aliphatic heterocycles. The summed E-state index contributed by atoms with van der Waals surface area (Å²) in [6.07, 6.45) is 2.49. The van der Waals surface area contributed by atoms with E-state index in [2.05, 4.69) is 17.4 Å². The number of ether oxygens (including phenoxy) is 1. The third-order valence-electron chi connectivity index (χ3n) is 4.40. The normalized spacial score (nSPS) is 13.8. The van der Waals surface area contributed by atoms with Crippen LogP contribution in [0.15, 0.2) is 36.4 Å². The summed E-state index contributed by atoms with van der Waals surface area (Å²) in [7, 11) is 0. The van der Waals surface area contributed by atoms with Gasteiger partial charge in [-0.1, -0.05) is 47.5 Å². The second-order valence-electron chi connectivity index (χ2n) is 6.35. The maximum Gasteiger partial charge on any atom is 0.311 e. The molecule has 1 aliphatic carbocycles. The Morgan fingerprint density at radius 2 is 1.81 bits per heavy atom. The van der Waals surface area contributed by atoms with E-state index in [1.165, 1.54) is 18.1 Å². The number of hydrogen-bond acceptors (Lipinski definition) is 3. The van der Waals surface area contributed by atoms with Gasteiger partial charge < -0.3 is 10.1 Å². The molecule has 2 aromatic carbocycles. The number of rotatable bonds is 5. The number of halogens is 2. The lowest BCUT2D eigenvalue weighted by Crippen LogP contribution is -2.30. The van der Waals surface area contributed by atoms with Gasteiger partial charge in [-0.2, -0.15) is 0 Å². The fraction of sp³-hybridized carbons (Fsp3) is 0.300. The fourth-order valence-electron chi connectivity index (χ4n) is 3.04. The van der Waals surface area contributed by atoms with Crippen molar-refractivity contribution in [1.29, 1.82) is 0 Å². The maximum absolute atomic E-state index is 12.3. The number of carbonyl (C=O) groups excluding carboxylic acids is 2. The Labute approximate surface area is 162 Å². The number of anilines is 1. The molecule has 0 unspecified atom stereocenters. The lowest BCUT2D eigenvalue weighted by atomic mass is 10.0. The van der Waals surface area contributed by atoms with E-state index in [0.717, 1.165) is 24.8 Å². The van der Waals surface area contributed by atoms with Crippen LogP contribution in [0.1, 0.15) is 30.0 Å². The van der Waals surface area contributed by atoms with Crippen LogP contribution < -0.4 is 5.32 Å². The summed E-state index contributed by atoms with van der Waals surface area (Å²) in [6.45, 7) is 1.51. The van der Waals surface area contributed by atoms with E-state index in [4.69, 9.17) is 27.9 Å². The third kappa shape index (κ3) is 4.37. The Hall–Kier alpha value is -2.04. The van der Waals surface area contributed by atoms with Gasteiger partial charge in [-0.15, -0.1) is 0 Å². The van der Waals surface area contributed by atoms with Crippen LogP contribution in [0.2, 0.25) is 10.0 Å². The smallest absolute Gasteiger partial charge is 0.311 e. The van der Waals surface area contributed by atoms with Gasteiger partial charge in [0.25, 0.3) is 5.91 Å². The fourth-order valence-corrected chi connectivity index (χ4v) is 3.53. The van der Waals surface area contributed by atoms with Crippen LogP contribution in [-0.2, 0) is 33.6 Å². The predicted molar refractivity (Wildman–Crippen MR) is 103 cm³/mol. The molecule has 0 heterocycles. The Bertz CT molecular complexity index is 831. The van der Waals surface area contributed by atoms with Crippen molar-refractivity contribution in [3.63, 3.8) is 0 Å². The van der Waals surface area contributed by atoms with Crippen LogP contribution in [-0.4, -0.2) is 18.0 Å². The number of nitrogens with one attached hydrogen (secondary N) is 1. The molecule has 1 atom stereocenters. The lowest BCUT2D eigenvalue weighted by Gasteiger charge is -2.15. The van der Waals surface area contributed by atoms with E-state index < -0.39 is 18.0 Å². The van der Waals surface area contributed by atoms with Gasteiger partial charge >= 0.3 is 5.97 Å². The molecule has 0 saturated carbocycles. The Kier molecular flexibility index (Phi) is 5.84. The molecule has 4 nitrogen and oxygen atoms in total. The van der Waals surface area contributed by atoms with Crippen molar-refractivity contribution in [3.8, 4) is 0 Å². The molecule has 136 valence electrons. The quantitative estimate of drug-likeness (QED) is 0.757. The Morgan fingerprint density at radius 3 is 2.54 bits per heavy atom. The van der Waals surface area contributed by atoms with Crippen molar-refractivity contribution in [2.24, 2.45) is 0 Å². The molecule has 2 aromatic rings. The number of amides is 1. The number of para-hydroxylation sites is 1. The van der Waals surface area contributed by atoms with Gasteiger partial charge in [-0.25, -0.2) is 0 Å². The molecular formula is C20H19Cl2NO3. The first kappa shape index (κ1) is 18.7. The zero-order chi connectivity index (χ0) is 18.7. The molecule has 0 aromatic heterocycles. The molecule has 3 rings (SSSR count). The van der Waals surface area contributed by atoms with Gasteiger partial charge in [0.2, 0.25) is 0 Å². The monoisotopic (exact) mass is 391 g/mol. The topological polar surface area (TPSA) is 55.4 Å². The lowest BCUT2D eigenvalue weighted by molar-refractivity contribution is -0.152. The van der Waals surface area contributed by atoms with Crippen molar-refractivity contribution in [1.82, 2.24) is 0 Å². The summed E-state index contributed by atoms with van der Waals surface area (Å²) in [5, 5.41) is 3.24. The predicted octanol–water partition coefficient (Wildman–Crippen LogP) is 4.60. The number of carbonyl (C=O) groups is 2. The highest BCUT2D eigenvalue weighted by atomic mass is 35.5. The van der Waals surface area contributed by atoms with Gasteiger partial charge in [0.15, 0.2) is 6.10 Å². The first-order chi connectivity index (χ1) is 12.4. The molecular weight excluding hydrogens is 373 g/mol. The number of esters is 1. The Morgan fingerprint density at radius 1 is 1.12 bits per heavy atom. The molecule has 0 bridgehead atoms. The van der Waals surface area contributed by atoms with Gasteiger partial charge in [-0.05, 0) is 55.0 Å². The van der Waals surface area contributed by atoms with Gasteiger partial charge in [-0.3, -0.25) is 9.59 Å². The average Bonchev–Trinajstić information content (AvgIpc) is 3.05. The molecule has 26 heavy (non-hydrogen) atoms. The van der Waals surface area contributed by atoms with Crippen molar-refractivity contribution < 1.29 is 14.3 Å². The first-order valence-electron chi connectivity index (χ1n) is 8.49. The highest BCUT2D eigenvalue weighted by Crippen LogP contribution is 2.30. The van der Waals surface area contributed by atoms with Crippen molar-refractivity contribution in [3.05, 3.63) is 63.1 Å². The molecule has 0 radical (unpaired) electrons. The number of fused-ring (bicyclic) bond motifs is 1. The highest BCUT2D eigenvalue weighted by Gasteiger charge is 2.20. The van der Waals surface area contributed by atoms with Crippen molar-refractivity contribution in [2.75, 3.05) is 5.32 Å². The zero-order valence-corrected chi connectivity index (χ0v) is 15.9. The van der Waals surface area contributed by atoms with E-state index in [9.17, 15) is 9.59 Å². The van der Waals surface area contributed by atoms with E-state index >= 15 is 0 Å². The molecule has 0 saturated heterocycles. The largest absolute Gasteiger partial charge is 0.452 e. The second kappa shape index (κ2) is 8.11. The van der Waals surface area contributed by atoms with Crippen LogP contribution in [0.3, 0.4) is 0 Å². The average molecular weight is 392 g/mol. The highest BCUT2D eigenvalue weighted by molar-refractivity contribution is 6.39. The SMILES string of the molecule is C[C@@H](OC(=O)Cc1ccc2c(c1)CCC2)C(=O)Nc1c(Cl)cccc1Cl. The minimum Gasteiger partial charge on any atom is -0.452 e. The molecule has 6 heteroatoms. The van der Waals surface area contributed by atoms with E-state index in [-0.39, 0.29) is 6.42 Å². The summed E-state index contributed by atoms with van der Waals surface area (Å²) < 4.78 is 5.25. The van der Waals surface area contributed by atoms with Crippen LogP contribution in [0.5, 0.6) is 0 Å². The molecule has 0 fully saturated rings. The molecule has 0 spiro atoms. The number of benzene rings is 2. The maximum atomic E-state index is 12.3. The summed E-state index contributed by atoms with van der Waals surface area (Å²) in [6, 6.07) is 11.0. The van der Waals surface area contributed by atoms with Crippen LogP contribution in [0, 0.1) is 0 Å². The van der Waals surface area contributed by atoms with Gasteiger partial charge in [0, 0.05) is 0 Å². The summed E-state index contributed by atoms with van der Waals surface area (Å²) >= 11 is 12.1. The van der Waals surface area contributed by atoms with Crippen molar-refractivity contribution in [2.45, 2.75) is 38.7 Å². The minimum atomic E-state index is -0.954. The van der Waals surface area contributed by atoms with Crippen molar-refractivity contribution >= 4 is 40.8 Å².